The molecule has 158 valence electrons. The SMILES string of the molecule is CC(CC(C)(C)OC(=O)C(=O)OOC(C)(C)c1ccccc1)OOC(C)(C)C. The molecule has 1 rings (SSSR count). The molecule has 1 unspecified atom stereocenters. The number of carbonyl (C=O) groups is 2. The Balaban J connectivity index is 2.53. The minimum Gasteiger partial charge on any atom is -0.451 e. The molecule has 0 aliphatic heterocycles. The molecular formula is C21H32O7. The molecule has 0 spiro atoms. The van der Waals surface area contributed by atoms with Gasteiger partial charge < -0.3 is 4.74 Å². The molecule has 0 amide bonds. The summed E-state index contributed by atoms with van der Waals surface area (Å²) in [6.45, 7) is 14.1. The minimum atomic E-state index is -1.23. The Labute approximate surface area is 167 Å². The van der Waals surface area contributed by atoms with E-state index in [-0.39, 0.29) is 6.10 Å². The predicted octanol–water partition coefficient (Wildman–Crippen LogP) is 4.24. The van der Waals surface area contributed by atoms with Crippen LogP contribution >= 0.6 is 0 Å². The smallest absolute Gasteiger partial charge is 0.449 e. The Kier molecular flexibility index (Phi) is 8.16. The summed E-state index contributed by atoms with van der Waals surface area (Å²) in [7, 11) is 0. The number of esters is 1. The van der Waals surface area contributed by atoms with Crippen molar-refractivity contribution in [3.05, 3.63) is 35.9 Å². The Morgan fingerprint density at radius 1 is 0.893 bits per heavy atom. The van der Waals surface area contributed by atoms with E-state index in [1.54, 1.807) is 34.6 Å². The largest absolute Gasteiger partial charge is 0.451 e. The van der Waals surface area contributed by atoms with E-state index in [1.165, 1.54) is 0 Å². The van der Waals surface area contributed by atoms with Gasteiger partial charge in [-0.3, -0.25) is 4.89 Å². The summed E-state index contributed by atoms with van der Waals surface area (Å²) in [5.41, 5.74) is -1.55. The number of rotatable bonds is 8. The first-order valence-electron chi connectivity index (χ1n) is 9.25. The van der Waals surface area contributed by atoms with Crippen molar-refractivity contribution in [1.82, 2.24) is 0 Å². The lowest BCUT2D eigenvalue weighted by Crippen LogP contribution is -2.37. The van der Waals surface area contributed by atoms with Crippen molar-refractivity contribution >= 4 is 11.9 Å². The van der Waals surface area contributed by atoms with Crippen LogP contribution in [0.2, 0.25) is 0 Å². The zero-order valence-electron chi connectivity index (χ0n) is 18.0. The van der Waals surface area contributed by atoms with Crippen LogP contribution < -0.4 is 0 Å². The fourth-order valence-electron chi connectivity index (χ4n) is 2.35. The van der Waals surface area contributed by atoms with Crippen LogP contribution in [0, 0.1) is 0 Å². The molecule has 0 saturated carbocycles. The van der Waals surface area contributed by atoms with Gasteiger partial charge in [0.15, 0.2) is 0 Å². The highest BCUT2D eigenvalue weighted by molar-refractivity contribution is 6.29. The average Bonchev–Trinajstić information content (AvgIpc) is 2.57. The molecule has 0 aliphatic carbocycles. The van der Waals surface area contributed by atoms with E-state index in [2.05, 4.69) is 0 Å². The van der Waals surface area contributed by atoms with Crippen LogP contribution in [0.15, 0.2) is 30.3 Å². The van der Waals surface area contributed by atoms with Gasteiger partial charge in [0.05, 0.1) is 11.7 Å². The second-order valence-corrected chi connectivity index (χ2v) is 8.79. The van der Waals surface area contributed by atoms with Crippen molar-refractivity contribution in [2.24, 2.45) is 0 Å². The third kappa shape index (κ3) is 8.82. The summed E-state index contributed by atoms with van der Waals surface area (Å²) in [5.74, 6) is -2.37. The van der Waals surface area contributed by atoms with Crippen molar-refractivity contribution in [2.45, 2.75) is 84.7 Å². The van der Waals surface area contributed by atoms with Crippen LogP contribution in [-0.2, 0) is 39.5 Å². The van der Waals surface area contributed by atoms with Crippen LogP contribution in [0.1, 0.15) is 67.4 Å². The quantitative estimate of drug-likeness (QED) is 0.281. The van der Waals surface area contributed by atoms with Crippen LogP contribution in [0.25, 0.3) is 0 Å². The second kappa shape index (κ2) is 9.49. The fraction of sp³-hybridized carbons (Fsp3) is 0.619. The first-order valence-corrected chi connectivity index (χ1v) is 9.25. The van der Waals surface area contributed by atoms with Gasteiger partial charge in [0.25, 0.3) is 0 Å². The summed E-state index contributed by atoms with van der Waals surface area (Å²) in [5, 5.41) is 0. The van der Waals surface area contributed by atoms with Gasteiger partial charge in [0.1, 0.15) is 11.2 Å². The van der Waals surface area contributed by atoms with Crippen molar-refractivity contribution in [3.8, 4) is 0 Å². The third-order valence-corrected chi connectivity index (χ3v) is 3.57. The van der Waals surface area contributed by atoms with Gasteiger partial charge in [-0.05, 0) is 61.0 Å². The van der Waals surface area contributed by atoms with E-state index >= 15 is 0 Å². The summed E-state index contributed by atoms with van der Waals surface area (Å²) in [6.07, 6.45) is -0.0373. The molecule has 0 N–H and O–H groups in total. The van der Waals surface area contributed by atoms with E-state index in [0.717, 1.165) is 5.56 Å². The van der Waals surface area contributed by atoms with Crippen LogP contribution in [0.3, 0.4) is 0 Å². The third-order valence-electron chi connectivity index (χ3n) is 3.57. The highest BCUT2D eigenvalue weighted by Crippen LogP contribution is 2.25. The van der Waals surface area contributed by atoms with Gasteiger partial charge in [0, 0.05) is 6.42 Å². The van der Waals surface area contributed by atoms with Crippen molar-refractivity contribution < 1.29 is 33.9 Å². The van der Waals surface area contributed by atoms with Gasteiger partial charge in [-0.15, -0.1) is 0 Å². The monoisotopic (exact) mass is 396 g/mol. The summed E-state index contributed by atoms with van der Waals surface area (Å²) in [4.78, 5) is 44.4. The molecule has 1 aromatic carbocycles. The Bertz CT molecular complexity index is 644. The Hall–Kier alpha value is -1.96. The minimum absolute atomic E-state index is 0.318. The molecule has 7 nitrogen and oxygen atoms in total. The Morgan fingerprint density at radius 2 is 1.46 bits per heavy atom. The van der Waals surface area contributed by atoms with Crippen LogP contribution in [0.4, 0.5) is 0 Å². The molecule has 1 atom stereocenters. The van der Waals surface area contributed by atoms with Gasteiger partial charge >= 0.3 is 11.9 Å². The summed E-state index contributed by atoms with van der Waals surface area (Å²) >= 11 is 0. The molecule has 1 aromatic rings. The standard InChI is InChI=1S/C21H32O7/c1-15(25-27-19(2,3)4)14-20(5,6)24-17(22)18(23)26-28-21(7,8)16-12-10-9-11-13-16/h9-13,15H,14H2,1-8H3. The normalized spacial score (nSPS) is 13.7. The summed E-state index contributed by atoms with van der Waals surface area (Å²) in [6, 6.07) is 9.20. The molecule has 0 fully saturated rings. The lowest BCUT2D eigenvalue weighted by molar-refractivity contribution is -0.373. The molecule has 0 aromatic heterocycles. The number of carbonyl (C=O) groups excluding carboxylic acids is 2. The molecule has 28 heavy (non-hydrogen) atoms. The number of ether oxygens (including phenoxy) is 1. The van der Waals surface area contributed by atoms with Crippen molar-refractivity contribution in [2.75, 3.05) is 0 Å². The molecule has 0 aliphatic rings. The van der Waals surface area contributed by atoms with Crippen molar-refractivity contribution in [3.63, 3.8) is 0 Å². The maximum Gasteiger partial charge on any atom is 0.449 e. The molecule has 0 radical (unpaired) electrons. The predicted molar refractivity (Wildman–Crippen MR) is 103 cm³/mol. The van der Waals surface area contributed by atoms with E-state index in [9.17, 15) is 9.59 Å². The van der Waals surface area contributed by atoms with Gasteiger partial charge in [-0.25, -0.2) is 19.4 Å². The topological polar surface area (TPSA) is 80.3 Å². The molecule has 0 bridgehead atoms. The maximum absolute atomic E-state index is 12.1. The van der Waals surface area contributed by atoms with E-state index in [1.807, 2.05) is 51.1 Å². The van der Waals surface area contributed by atoms with Crippen LogP contribution in [-0.4, -0.2) is 29.2 Å². The average molecular weight is 396 g/mol. The van der Waals surface area contributed by atoms with E-state index < -0.39 is 28.7 Å². The van der Waals surface area contributed by atoms with Gasteiger partial charge in [-0.2, -0.15) is 4.89 Å². The fourth-order valence-corrected chi connectivity index (χ4v) is 2.35. The zero-order chi connectivity index (χ0) is 21.6. The highest BCUT2D eigenvalue weighted by Gasteiger charge is 2.33. The number of hydrogen-bond acceptors (Lipinski definition) is 7. The van der Waals surface area contributed by atoms with Crippen molar-refractivity contribution in [1.29, 1.82) is 0 Å². The van der Waals surface area contributed by atoms with Crippen LogP contribution in [0.5, 0.6) is 0 Å². The lowest BCUT2D eigenvalue weighted by atomic mass is 9.99. The van der Waals surface area contributed by atoms with Gasteiger partial charge in [-0.1, -0.05) is 30.3 Å². The summed E-state index contributed by atoms with van der Waals surface area (Å²) < 4.78 is 5.24. The number of benzene rings is 1. The maximum atomic E-state index is 12.1. The number of hydrogen-bond donors (Lipinski definition) is 0. The second-order valence-electron chi connectivity index (χ2n) is 8.79. The van der Waals surface area contributed by atoms with E-state index in [0.29, 0.717) is 6.42 Å². The first kappa shape index (κ1) is 24.1. The molecule has 0 heterocycles. The Morgan fingerprint density at radius 3 is 2.00 bits per heavy atom. The first-order chi connectivity index (χ1) is 12.7. The van der Waals surface area contributed by atoms with E-state index in [4.69, 9.17) is 24.3 Å². The zero-order valence-corrected chi connectivity index (χ0v) is 18.0. The molecule has 7 heteroatoms. The highest BCUT2D eigenvalue weighted by atomic mass is 17.2. The van der Waals surface area contributed by atoms with Gasteiger partial charge in [0.2, 0.25) is 0 Å². The molecule has 0 saturated heterocycles. The lowest BCUT2D eigenvalue weighted by Gasteiger charge is -2.29. The molecular weight excluding hydrogens is 364 g/mol.